The van der Waals surface area contributed by atoms with Crippen LogP contribution < -0.4 is 0 Å². The molecule has 1 rings (SSSR count). The van der Waals surface area contributed by atoms with Gasteiger partial charge in [0.1, 0.15) is 0 Å². The van der Waals surface area contributed by atoms with Crippen molar-refractivity contribution in [3.63, 3.8) is 0 Å². The van der Waals surface area contributed by atoms with Gasteiger partial charge in [0.15, 0.2) is 0 Å². The van der Waals surface area contributed by atoms with Crippen LogP contribution in [0.15, 0.2) is 18.2 Å². The molecule has 7 heteroatoms. The maximum Gasteiger partial charge on any atom is 0.401 e. The van der Waals surface area contributed by atoms with Crippen molar-refractivity contribution in [2.45, 2.75) is 12.7 Å². The van der Waals surface area contributed by atoms with Crippen LogP contribution in [0.25, 0.3) is 0 Å². The van der Waals surface area contributed by atoms with E-state index in [9.17, 15) is 13.2 Å². The second-order valence-electron chi connectivity index (χ2n) is 3.75. The summed E-state index contributed by atoms with van der Waals surface area (Å²) < 4.78 is 37.2. The zero-order chi connectivity index (χ0) is 13.8. The monoisotopic (exact) mass is 363 g/mol. The Morgan fingerprint density at radius 3 is 2.39 bits per heavy atom. The third-order valence-electron chi connectivity index (χ3n) is 2.21. The lowest BCUT2D eigenvalue weighted by Gasteiger charge is -2.23. The van der Waals surface area contributed by atoms with Gasteiger partial charge in [0.25, 0.3) is 0 Å². The summed E-state index contributed by atoms with van der Waals surface area (Å²) in [6.07, 6.45) is -4.22. The summed E-state index contributed by atoms with van der Waals surface area (Å²) in [5.41, 5.74) is 0.631. The molecule has 0 heterocycles. The lowest BCUT2D eigenvalue weighted by molar-refractivity contribution is -0.146. The minimum atomic E-state index is -4.22. The van der Waals surface area contributed by atoms with E-state index in [0.717, 1.165) is 0 Å². The lowest BCUT2D eigenvalue weighted by atomic mass is 10.2. The highest BCUT2D eigenvalue weighted by Crippen LogP contribution is 2.24. The van der Waals surface area contributed by atoms with Gasteiger partial charge < -0.3 is 0 Å². The first-order chi connectivity index (χ1) is 8.31. The average molecular weight is 365 g/mol. The van der Waals surface area contributed by atoms with Crippen molar-refractivity contribution in [2.75, 3.05) is 18.4 Å². The van der Waals surface area contributed by atoms with Gasteiger partial charge in [-0.15, -0.1) is 0 Å². The Bertz CT molecular complexity index is 398. The molecular formula is C11H11BrCl2F3N. The van der Waals surface area contributed by atoms with Crippen molar-refractivity contribution < 1.29 is 13.2 Å². The first kappa shape index (κ1) is 16.1. The molecule has 1 aromatic rings. The Balaban J connectivity index is 2.76. The molecular weight excluding hydrogens is 354 g/mol. The average Bonchev–Trinajstić information content (AvgIpc) is 2.20. The van der Waals surface area contributed by atoms with Gasteiger partial charge in [-0.3, -0.25) is 4.90 Å². The summed E-state index contributed by atoms with van der Waals surface area (Å²) in [5, 5.41) is 1.31. The molecule has 0 unspecified atom stereocenters. The van der Waals surface area contributed by atoms with E-state index in [0.29, 0.717) is 27.5 Å². The van der Waals surface area contributed by atoms with Gasteiger partial charge in [0, 0.05) is 28.5 Å². The molecule has 0 saturated carbocycles. The van der Waals surface area contributed by atoms with Gasteiger partial charge in [-0.1, -0.05) is 45.2 Å². The van der Waals surface area contributed by atoms with Gasteiger partial charge >= 0.3 is 6.18 Å². The molecule has 0 aromatic heterocycles. The second-order valence-corrected chi connectivity index (χ2v) is 5.39. The molecule has 0 amide bonds. The van der Waals surface area contributed by atoms with Gasteiger partial charge in [-0.05, 0) is 17.7 Å². The number of hydrogen-bond acceptors (Lipinski definition) is 1. The molecule has 0 aliphatic carbocycles. The molecule has 0 bridgehead atoms. The lowest BCUT2D eigenvalue weighted by Crippen LogP contribution is -2.35. The van der Waals surface area contributed by atoms with Crippen molar-refractivity contribution in [1.82, 2.24) is 4.90 Å². The van der Waals surface area contributed by atoms with Crippen LogP contribution in [0.1, 0.15) is 5.56 Å². The number of hydrogen-bond donors (Lipinski definition) is 0. The van der Waals surface area contributed by atoms with Crippen molar-refractivity contribution in [1.29, 1.82) is 0 Å². The van der Waals surface area contributed by atoms with Gasteiger partial charge in [-0.2, -0.15) is 13.2 Å². The molecule has 1 aromatic carbocycles. The molecule has 102 valence electrons. The number of halogens is 6. The van der Waals surface area contributed by atoms with Crippen molar-refractivity contribution in [2.24, 2.45) is 0 Å². The van der Waals surface area contributed by atoms with E-state index in [-0.39, 0.29) is 6.54 Å². The summed E-state index contributed by atoms with van der Waals surface area (Å²) in [6, 6.07) is 4.78. The van der Waals surface area contributed by atoms with E-state index in [1.54, 1.807) is 12.1 Å². The molecule has 0 N–H and O–H groups in total. The Morgan fingerprint density at radius 1 is 1.22 bits per heavy atom. The molecule has 0 aliphatic heterocycles. The van der Waals surface area contributed by atoms with Crippen LogP contribution in [-0.2, 0) is 6.54 Å². The van der Waals surface area contributed by atoms with Crippen LogP contribution >= 0.6 is 39.1 Å². The highest BCUT2D eigenvalue weighted by atomic mass is 79.9. The van der Waals surface area contributed by atoms with Crippen LogP contribution in [0.5, 0.6) is 0 Å². The van der Waals surface area contributed by atoms with E-state index in [1.165, 1.54) is 11.0 Å². The highest BCUT2D eigenvalue weighted by molar-refractivity contribution is 9.09. The zero-order valence-electron chi connectivity index (χ0n) is 9.28. The van der Waals surface area contributed by atoms with Crippen LogP contribution in [-0.4, -0.2) is 29.5 Å². The second kappa shape index (κ2) is 6.98. The van der Waals surface area contributed by atoms with Crippen LogP contribution in [0.4, 0.5) is 13.2 Å². The molecule has 0 fully saturated rings. The van der Waals surface area contributed by atoms with Gasteiger partial charge in [0.05, 0.1) is 6.54 Å². The summed E-state index contributed by atoms with van der Waals surface area (Å²) in [6.45, 7) is -0.531. The molecule has 18 heavy (non-hydrogen) atoms. The molecule has 0 spiro atoms. The Kier molecular flexibility index (Phi) is 6.24. The predicted octanol–water partition coefficient (Wildman–Crippen LogP) is 4.75. The van der Waals surface area contributed by atoms with Crippen LogP contribution in [0.3, 0.4) is 0 Å². The Labute approximate surface area is 122 Å². The van der Waals surface area contributed by atoms with E-state index >= 15 is 0 Å². The molecule has 0 radical (unpaired) electrons. The number of rotatable bonds is 5. The third-order valence-corrected chi connectivity index (χ3v) is 3.15. The SMILES string of the molecule is FC(F)(F)CN(CCBr)Cc1ccc(Cl)cc1Cl. The van der Waals surface area contributed by atoms with Gasteiger partial charge in [-0.25, -0.2) is 0 Å². The molecule has 0 atom stereocenters. The number of benzene rings is 1. The van der Waals surface area contributed by atoms with E-state index in [4.69, 9.17) is 23.2 Å². The fraction of sp³-hybridized carbons (Fsp3) is 0.455. The molecule has 0 saturated heterocycles. The third kappa shape index (κ3) is 5.78. The summed E-state index contributed by atoms with van der Waals surface area (Å²) in [7, 11) is 0. The molecule has 1 nitrogen and oxygen atoms in total. The first-order valence-corrected chi connectivity index (χ1v) is 6.98. The van der Waals surface area contributed by atoms with E-state index in [1.807, 2.05) is 0 Å². The Hall–Kier alpha value is 0.0300. The minimum absolute atomic E-state index is 0.140. The highest BCUT2D eigenvalue weighted by Gasteiger charge is 2.30. The fourth-order valence-corrected chi connectivity index (χ4v) is 2.45. The van der Waals surface area contributed by atoms with E-state index in [2.05, 4.69) is 15.9 Å². The van der Waals surface area contributed by atoms with Crippen molar-refractivity contribution >= 4 is 39.1 Å². The number of alkyl halides is 4. The normalized spacial score (nSPS) is 12.2. The standard InChI is InChI=1S/C11H11BrCl2F3N/c12-3-4-18(7-11(15,16)17)6-8-1-2-9(13)5-10(8)14/h1-2,5H,3-4,6-7H2. The maximum atomic E-state index is 12.4. The predicted molar refractivity (Wildman–Crippen MR) is 71.6 cm³/mol. The summed E-state index contributed by atoms with van der Waals surface area (Å²) in [5.74, 6) is 0. The summed E-state index contributed by atoms with van der Waals surface area (Å²) in [4.78, 5) is 1.28. The van der Waals surface area contributed by atoms with E-state index < -0.39 is 12.7 Å². The first-order valence-electron chi connectivity index (χ1n) is 5.11. The summed E-state index contributed by atoms with van der Waals surface area (Å²) >= 11 is 14.8. The zero-order valence-corrected chi connectivity index (χ0v) is 12.4. The minimum Gasteiger partial charge on any atom is -0.290 e. The van der Waals surface area contributed by atoms with Crippen molar-refractivity contribution in [3.05, 3.63) is 33.8 Å². The fourth-order valence-electron chi connectivity index (χ4n) is 1.48. The maximum absolute atomic E-state index is 12.4. The largest absolute Gasteiger partial charge is 0.401 e. The number of nitrogens with zero attached hydrogens (tertiary/aromatic N) is 1. The molecule has 0 aliphatic rings. The smallest absolute Gasteiger partial charge is 0.290 e. The van der Waals surface area contributed by atoms with Crippen molar-refractivity contribution in [3.8, 4) is 0 Å². The van der Waals surface area contributed by atoms with Gasteiger partial charge in [0.2, 0.25) is 0 Å². The topological polar surface area (TPSA) is 3.24 Å². The quantitative estimate of drug-likeness (QED) is 0.681. The van der Waals surface area contributed by atoms with Crippen LogP contribution in [0, 0.1) is 0 Å². The Morgan fingerprint density at radius 2 is 1.89 bits per heavy atom. The van der Waals surface area contributed by atoms with Crippen LogP contribution in [0.2, 0.25) is 10.0 Å².